The first-order valence-electron chi connectivity index (χ1n) is 28.2. The van der Waals surface area contributed by atoms with Crippen LogP contribution < -0.4 is 52.4 Å². The first-order chi connectivity index (χ1) is 39.2. The molecule has 6 heteroatoms. The highest BCUT2D eigenvalue weighted by molar-refractivity contribution is 7.01. The van der Waals surface area contributed by atoms with Gasteiger partial charge in [0.1, 0.15) is 0 Å². The standard InChI is InChI=1S/C74H58B2N4/c1-47-39-49(3)69(50(4)40-47)75-63-45-59(77(55-25-11-7-12-26-55)56-27-13-8-14-28-56)35-37-65(63)79-68-44-54-24-20-22-34-62(54)72-74(68)80(67-43-53-23-19-21-33-61(53)71(75)73(67)79)66-38-36-60(46-64(66)76(72)70-51(5)41-48(2)42-52(70)6)78(57-29-15-9-16-30-57)58-31-17-10-18-32-58/h7-46H,1-6H3. The Kier molecular flexibility index (Phi) is 11.1. The molecule has 80 heavy (non-hydrogen) atoms. The van der Waals surface area contributed by atoms with Gasteiger partial charge in [-0.2, -0.15) is 0 Å². The predicted molar refractivity (Wildman–Crippen MR) is 344 cm³/mol. The maximum atomic E-state index is 2.68. The smallest absolute Gasteiger partial charge is 0.248 e. The van der Waals surface area contributed by atoms with E-state index in [9.17, 15) is 0 Å². The van der Waals surface area contributed by atoms with Gasteiger partial charge >= 0.3 is 0 Å². The molecule has 0 saturated carbocycles. The van der Waals surface area contributed by atoms with Crippen molar-refractivity contribution < 1.29 is 0 Å². The number of aryl methyl sites for hydroxylation is 6. The van der Waals surface area contributed by atoms with Crippen LogP contribution in [0.25, 0.3) is 21.5 Å². The second kappa shape index (κ2) is 18.6. The lowest BCUT2D eigenvalue weighted by molar-refractivity contribution is 1.18. The highest BCUT2D eigenvalue weighted by Crippen LogP contribution is 2.57. The summed E-state index contributed by atoms with van der Waals surface area (Å²) >= 11 is 0. The zero-order valence-corrected chi connectivity index (χ0v) is 46.0. The van der Waals surface area contributed by atoms with Crippen LogP contribution in [-0.4, -0.2) is 13.4 Å². The number of anilines is 12. The van der Waals surface area contributed by atoms with E-state index in [-0.39, 0.29) is 13.4 Å². The van der Waals surface area contributed by atoms with Crippen molar-refractivity contribution in [3.05, 3.63) is 276 Å². The zero-order valence-electron chi connectivity index (χ0n) is 46.0. The summed E-state index contributed by atoms with van der Waals surface area (Å²) in [5, 5.41) is 4.97. The molecular formula is C74H58B2N4. The van der Waals surface area contributed by atoms with Gasteiger partial charge in [0.05, 0.1) is 22.7 Å². The number of fused-ring (bicyclic) bond motifs is 10. The van der Waals surface area contributed by atoms with Crippen molar-refractivity contribution in [2.24, 2.45) is 0 Å². The van der Waals surface area contributed by atoms with E-state index in [1.165, 1.54) is 122 Å². The first-order valence-corrected chi connectivity index (χ1v) is 28.2. The van der Waals surface area contributed by atoms with E-state index >= 15 is 0 Å². The molecule has 0 amide bonds. The summed E-state index contributed by atoms with van der Waals surface area (Å²) < 4.78 is 0. The van der Waals surface area contributed by atoms with Crippen molar-refractivity contribution in [3.8, 4) is 0 Å². The van der Waals surface area contributed by atoms with Gasteiger partial charge in [0.15, 0.2) is 0 Å². The number of para-hydroxylation sites is 4. The van der Waals surface area contributed by atoms with Crippen molar-refractivity contribution in [3.63, 3.8) is 0 Å². The Labute approximate surface area is 470 Å². The molecule has 0 radical (unpaired) electrons. The minimum atomic E-state index is -0.112. The molecule has 12 aromatic carbocycles. The molecule has 3 aliphatic heterocycles. The van der Waals surface area contributed by atoms with Crippen LogP contribution in [0.15, 0.2) is 243 Å². The van der Waals surface area contributed by atoms with E-state index in [2.05, 4.69) is 304 Å². The third-order valence-electron chi connectivity index (χ3n) is 17.3. The van der Waals surface area contributed by atoms with E-state index in [1.807, 2.05) is 0 Å². The SMILES string of the molecule is Cc1cc(C)c(B2c3cc(N(c4ccccc4)c4ccccc4)ccc3N3c4cc5ccccc5c5c4N(c4ccc(N(c6ccccc6)c6ccccc6)cc4B5c4c(C)cc(C)cc4C)c4cc5ccccc5c2c43)c(C)c1. The maximum Gasteiger partial charge on any atom is 0.248 e. The number of nitrogens with zero attached hydrogens (tertiary/aromatic N) is 4. The maximum absolute atomic E-state index is 2.68. The molecule has 0 aliphatic carbocycles. The topological polar surface area (TPSA) is 13.0 Å². The predicted octanol–water partition coefficient (Wildman–Crippen LogP) is 15.7. The molecule has 0 bridgehead atoms. The fourth-order valence-corrected chi connectivity index (χ4v) is 14.5. The normalized spacial score (nSPS) is 12.8. The van der Waals surface area contributed by atoms with E-state index in [0.29, 0.717) is 0 Å². The molecule has 0 fully saturated rings. The van der Waals surface area contributed by atoms with E-state index in [0.717, 1.165) is 34.1 Å². The second-order valence-electron chi connectivity index (χ2n) is 22.4. The average Bonchev–Trinajstić information content (AvgIpc) is 3.65. The van der Waals surface area contributed by atoms with Crippen molar-refractivity contribution in [2.45, 2.75) is 41.5 Å². The molecule has 4 nitrogen and oxygen atoms in total. The molecule has 0 N–H and O–H groups in total. The minimum absolute atomic E-state index is 0.112. The van der Waals surface area contributed by atoms with Gasteiger partial charge in [0, 0.05) is 45.5 Å². The molecule has 380 valence electrons. The quantitative estimate of drug-likeness (QED) is 0.141. The van der Waals surface area contributed by atoms with Crippen LogP contribution in [0.3, 0.4) is 0 Å². The van der Waals surface area contributed by atoms with Gasteiger partial charge in [-0.25, -0.2) is 0 Å². The van der Waals surface area contributed by atoms with Gasteiger partial charge in [-0.1, -0.05) is 190 Å². The van der Waals surface area contributed by atoms with Crippen LogP contribution >= 0.6 is 0 Å². The summed E-state index contributed by atoms with van der Waals surface area (Å²) in [6, 6.07) is 91.0. The summed E-state index contributed by atoms with van der Waals surface area (Å²) in [6.45, 7) is 13.6. The van der Waals surface area contributed by atoms with E-state index < -0.39 is 0 Å². The lowest BCUT2D eigenvalue weighted by Crippen LogP contribution is -2.62. The molecule has 15 rings (SSSR count). The fraction of sp³-hybridized carbons (Fsp3) is 0.0811. The molecule has 0 unspecified atom stereocenters. The van der Waals surface area contributed by atoms with E-state index in [4.69, 9.17) is 0 Å². The summed E-state index contributed by atoms with van der Waals surface area (Å²) in [7, 11) is 0. The molecular weight excluding hydrogens is 966 g/mol. The van der Waals surface area contributed by atoms with Crippen molar-refractivity contribution in [2.75, 3.05) is 19.6 Å². The fourth-order valence-electron chi connectivity index (χ4n) is 14.5. The third kappa shape index (κ3) is 7.32. The minimum Gasteiger partial charge on any atom is -0.311 e. The largest absolute Gasteiger partial charge is 0.311 e. The molecule has 0 atom stereocenters. The van der Waals surface area contributed by atoms with Crippen molar-refractivity contribution >= 4 is 136 Å². The molecule has 3 heterocycles. The van der Waals surface area contributed by atoms with Gasteiger partial charge < -0.3 is 19.6 Å². The van der Waals surface area contributed by atoms with Crippen molar-refractivity contribution in [1.82, 2.24) is 0 Å². The van der Waals surface area contributed by atoms with Crippen LogP contribution in [0.1, 0.15) is 33.4 Å². The van der Waals surface area contributed by atoms with Crippen LogP contribution in [0.4, 0.5) is 68.2 Å². The zero-order chi connectivity index (χ0) is 53.9. The summed E-state index contributed by atoms with van der Waals surface area (Å²) in [5.74, 6) is 0. The molecule has 0 spiro atoms. The lowest BCUT2D eigenvalue weighted by atomic mass is 9.32. The first kappa shape index (κ1) is 47.7. The highest BCUT2D eigenvalue weighted by Gasteiger charge is 2.49. The molecule has 0 aromatic heterocycles. The highest BCUT2D eigenvalue weighted by atomic mass is 15.3. The van der Waals surface area contributed by atoms with Gasteiger partial charge in [0.25, 0.3) is 0 Å². The molecule has 0 saturated heterocycles. The summed E-state index contributed by atoms with van der Waals surface area (Å²) in [6.07, 6.45) is 0. The van der Waals surface area contributed by atoms with Gasteiger partial charge in [0.2, 0.25) is 13.4 Å². The van der Waals surface area contributed by atoms with E-state index in [1.54, 1.807) is 0 Å². The summed E-state index contributed by atoms with van der Waals surface area (Å²) in [4.78, 5) is 10.2. The number of benzene rings is 12. The second-order valence-corrected chi connectivity index (χ2v) is 22.4. The van der Waals surface area contributed by atoms with Gasteiger partial charge in [-0.15, -0.1) is 0 Å². The van der Waals surface area contributed by atoms with Crippen LogP contribution in [0, 0.1) is 41.5 Å². The van der Waals surface area contributed by atoms with Crippen LogP contribution in [-0.2, 0) is 0 Å². The Morgan fingerprint density at radius 3 is 0.925 bits per heavy atom. The third-order valence-corrected chi connectivity index (χ3v) is 17.3. The van der Waals surface area contributed by atoms with Crippen molar-refractivity contribution in [1.29, 1.82) is 0 Å². The summed E-state index contributed by atoms with van der Waals surface area (Å²) in [5.41, 5.74) is 29.6. The molecule has 12 aromatic rings. The Morgan fingerprint density at radius 2 is 0.588 bits per heavy atom. The average molecular weight is 1020 g/mol. The van der Waals surface area contributed by atoms with Gasteiger partial charge in [-0.3, -0.25) is 0 Å². The number of rotatable bonds is 8. The van der Waals surface area contributed by atoms with Crippen LogP contribution in [0.5, 0.6) is 0 Å². The molecule has 3 aliphatic rings. The Balaban J connectivity index is 1.09. The Morgan fingerprint density at radius 1 is 0.275 bits per heavy atom. The Hall–Kier alpha value is -9.51. The number of hydrogen-bond acceptors (Lipinski definition) is 4. The van der Waals surface area contributed by atoms with Crippen LogP contribution in [0.2, 0.25) is 0 Å². The van der Waals surface area contributed by atoms with Gasteiger partial charge in [-0.05, 0) is 182 Å². The lowest BCUT2D eigenvalue weighted by Gasteiger charge is -2.50. The monoisotopic (exact) mass is 1020 g/mol. The Bertz CT molecular complexity index is 4050. The number of hydrogen-bond donors (Lipinski definition) is 0.